The number of carboxylic acids is 1. The molecule has 0 aliphatic rings. The number of aliphatic carboxylic acids is 1. The van der Waals surface area contributed by atoms with Crippen LogP contribution in [0.2, 0.25) is 0 Å². The van der Waals surface area contributed by atoms with Gasteiger partial charge in [0.1, 0.15) is 5.82 Å². The van der Waals surface area contributed by atoms with Crippen molar-refractivity contribution in [2.24, 2.45) is 11.8 Å². The van der Waals surface area contributed by atoms with Crippen molar-refractivity contribution in [2.75, 3.05) is 6.54 Å². The summed E-state index contributed by atoms with van der Waals surface area (Å²) in [6, 6.07) is 3.29. The SMILES string of the molecule is CC(C)CC(CNS(=O)(=O)c1ccc(F)c(Br)c1)C(=O)O. The van der Waals surface area contributed by atoms with Crippen LogP contribution in [0, 0.1) is 17.7 Å². The van der Waals surface area contributed by atoms with Crippen LogP contribution >= 0.6 is 15.9 Å². The summed E-state index contributed by atoms with van der Waals surface area (Å²) in [4.78, 5) is 11.0. The van der Waals surface area contributed by atoms with Gasteiger partial charge in [-0.15, -0.1) is 0 Å². The van der Waals surface area contributed by atoms with Crippen LogP contribution in [0.25, 0.3) is 0 Å². The number of rotatable bonds is 7. The second kappa shape index (κ2) is 7.33. The lowest BCUT2D eigenvalue weighted by atomic mass is 9.98. The molecule has 2 N–H and O–H groups in total. The molecule has 21 heavy (non-hydrogen) atoms. The van der Waals surface area contributed by atoms with Crippen LogP contribution in [0.15, 0.2) is 27.6 Å². The van der Waals surface area contributed by atoms with Crippen molar-refractivity contribution in [3.8, 4) is 0 Å². The lowest BCUT2D eigenvalue weighted by Gasteiger charge is -2.15. The van der Waals surface area contributed by atoms with Crippen LogP contribution in [0.1, 0.15) is 20.3 Å². The second-order valence-corrected chi connectivity index (χ2v) is 7.71. The lowest BCUT2D eigenvalue weighted by Crippen LogP contribution is -2.33. The number of nitrogens with one attached hydrogen (secondary N) is 1. The van der Waals surface area contributed by atoms with E-state index in [9.17, 15) is 17.6 Å². The van der Waals surface area contributed by atoms with Gasteiger partial charge in [0.25, 0.3) is 0 Å². The van der Waals surface area contributed by atoms with E-state index in [4.69, 9.17) is 5.11 Å². The first-order valence-electron chi connectivity index (χ1n) is 6.31. The molecule has 0 aromatic heterocycles. The van der Waals surface area contributed by atoms with E-state index in [2.05, 4.69) is 20.7 Å². The van der Waals surface area contributed by atoms with Gasteiger partial charge < -0.3 is 5.11 Å². The Hall–Kier alpha value is -0.990. The molecule has 1 rings (SSSR count). The molecule has 0 saturated carbocycles. The zero-order chi connectivity index (χ0) is 16.2. The van der Waals surface area contributed by atoms with Gasteiger partial charge in [-0.1, -0.05) is 13.8 Å². The molecule has 0 radical (unpaired) electrons. The van der Waals surface area contributed by atoms with E-state index in [0.717, 1.165) is 18.2 Å². The number of carbonyl (C=O) groups is 1. The standard InChI is InChI=1S/C13H17BrFNO4S/c1-8(2)5-9(13(17)18)7-16-21(19,20)10-3-4-12(15)11(14)6-10/h3-4,6,8-9,16H,5,7H2,1-2H3,(H,17,18). The van der Waals surface area contributed by atoms with Gasteiger partial charge in [-0.25, -0.2) is 17.5 Å². The van der Waals surface area contributed by atoms with Crippen molar-refractivity contribution in [3.05, 3.63) is 28.5 Å². The molecule has 0 aliphatic heterocycles. The van der Waals surface area contributed by atoms with Gasteiger partial charge in [-0.05, 0) is 46.5 Å². The Morgan fingerprint density at radius 2 is 2.05 bits per heavy atom. The van der Waals surface area contributed by atoms with Crippen LogP contribution in [-0.4, -0.2) is 26.0 Å². The smallest absolute Gasteiger partial charge is 0.307 e. The van der Waals surface area contributed by atoms with E-state index in [1.807, 2.05) is 13.8 Å². The number of halogens is 2. The average molecular weight is 382 g/mol. The fourth-order valence-corrected chi connectivity index (χ4v) is 3.42. The molecule has 1 aromatic rings. The minimum absolute atomic E-state index is 0.0299. The summed E-state index contributed by atoms with van der Waals surface area (Å²) in [5, 5.41) is 9.08. The molecule has 1 unspecified atom stereocenters. The van der Waals surface area contributed by atoms with Crippen LogP contribution < -0.4 is 4.72 Å². The third-order valence-electron chi connectivity index (χ3n) is 2.83. The quantitative estimate of drug-likeness (QED) is 0.760. The zero-order valence-corrected chi connectivity index (χ0v) is 14.0. The summed E-state index contributed by atoms with van der Waals surface area (Å²) in [6.45, 7) is 3.52. The van der Waals surface area contributed by atoms with Crippen molar-refractivity contribution in [2.45, 2.75) is 25.2 Å². The lowest BCUT2D eigenvalue weighted by molar-refractivity contribution is -0.142. The third-order valence-corrected chi connectivity index (χ3v) is 4.86. The predicted molar refractivity (Wildman–Crippen MR) is 79.9 cm³/mol. The van der Waals surface area contributed by atoms with Crippen molar-refractivity contribution in [1.82, 2.24) is 4.72 Å². The Labute approximate surface area is 131 Å². The van der Waals surface area contributed by atoms with Crippen LogP contribution in [-0.2, 0) is 14.8 Å². The van der Waals surface area contributed by atoms with Crippen LogP contribution in [0.4, 0.5) is 4.39 Å². The number of hydrogen-bond donors (Lipinski definition) is 2. The molecular weight excluding hydrogens is 365 g/mol. The monoisotopic (exact) mass is 381 g/mol. The van der Waals surface area contributed by atoms with Crippen molar-refractivity contribution >= 4 is 31.9 Å². The Bertz CT molecular complexity index is 619. The molecule has 0 aliphatic carbocycles. The third kappa shape index (κ3) is 5.37. The van der Waals surface area contributed by atoms with Crippen molar-refractivity contribution < 1.29 is 22.7 Å². The summed E-state index contributed by atoms with van der Waals surface area (Å²) >= 11 is 2.91. The number of hydrogen-bond acceptors (Lipinski definition) is 3. The van der Waals surface area contributed by atoms with Gasteiger partial charge in [0.15, 0.2) is 0 Å². The molecule has 1 aromatic carbocycles. The van der Waals surface area contributed by atoms with Gasteiger partial charge in [-0.2, -0.15) is 0 Å². The molecule has 8 heteroatoms. The number of benzene rings is 1. The van der Waals surface area contributed by atoms with Gasteiger partial charge in [-0.3, -0.25) is 4.79 Å². The molecule has 5 nitrogen and oxygen atoms in total. The highest BCUT2D eigenvalue weighted by Gasteiger charge is 2.23. The van der Waals surface area contributed by atoms with Crippen LogP contribution in [0.3, 0.4) is 0 Å². The summed E-state index contributed by atoms with van der Waals surface area (Å²) in [5.74, 6) is -2.29. The predicted octanol–water partition coefficient (Wildman–Crippen LogP) is 2.61. The maximum Gasteiger partial charge on any atom is 0.307 e. The number of sulfonamides is 1. The highest BCUT2D eigenvalue weighted by atomic mass is 79.9. The fraction of sp³-hybridized carbons (Fsp3) is 0.462. The van der Waals surface area contributed by atoms with Gasteiger partial charge in [0, 0.05) is 6.54 Å². The molecule has 0 fully saturated rings. The van der Waals surface area contributed by atoms with E-state index in [-0.39, 0.29) is 21.8 Å². The summed E-state index contributed by atoms with van der Waals surface area (Å²) < 4.78 is 39.5. The summed E-state index contributed by atoms with van der Waals surface area (Å²) in [6.07, 6.45) is 0.366. The Morgan fingerprint density at radius 3 is 2.52 bits per heavy atom. The topological polar surface area (TPSA) is 83.5 Å². The summed E-state index contributed by atoms with van der Waals surface area (Å²) in [5.41, 5.74) is 0. The van der Waals surface area contributed by atoms with Gasteiger partial charge >= 0.3 is 5.97 Å². The Morgan fingerprint density at radius 1 is 1.43 bits per heavy atom. The Balaban J connectivity index is 2.84. The van der Waals surface area contributed by atoms with Crippen molar-refractivity contribution in [3.63, 3.8) is 0 Å². The molecule has 0 heterocycles. The molecule has 118 valence electrons. The second-order valence-electron chi connectivity index (χ2n) is 5.09. The van der Waals surface area contributed by atoms with E-state index in [1.54, 1.807) is 0 Å². The van der Waals surface area contributed by atoms with Crippen molar-refractivity contribution in [1.29, 1.82) is 0 Å². The number of carboxylic acid groups (broad SMARTS) is 1. The van der Waals surface area contributed by atoms with E-state index in [1.165, 1.54) is 0 Å². The molecule has 0 bridgehead atoms. The maximum atomic E-state index is 13.1. The molecule has 0 saturated heterocycles. The van der Waals surface area contributed by atoms with E-state index >= 15 is 0 Å². The maximum absolute atomic E-state index is 13.1. The minimum Gasteiger partial charge on any atom is -0.481 e. The van der Waals surface area contributed by atoms with E-state index < -0.39 is 27.7 Å². The highest BCUT2D eigenvalue weighted by molar-refractivity contribution is 9.10. The fourth-order valence-electron chi connectivity index (χ4n) is 1.78. The van der Waals surface area contributed by atoms with Crippen LogP contribution in [0.5, 0.6) is 0 Å². The van der Waals surface area contributed by atoms with E-state index in [0.29, 0.717) is 6.42 Å². The molecule has 1 atom stereocenters. The summed E-state index contributed by atoms with van der Waals surface area (Å²) in [7, 11) is -3.87. The first kappa shape index (κ1) is 18.1. The zero-order valence-electron chi connectivity index (χ0n) is 11.6. The molecule has 0 amide bonds. The Kier molecular flexibility index (Phi) is 6.30. The average Bonchev–Trinajstić information content (AvgIpc) is 2.37. The minimum atomic E-state index is -3.87. The molecular formula is C13H17BrFNO4S. The highest BCUT2D eigenvalue weighted by Crippen LogP contribution is 2.20. The molecule has 0 spiro atoms. The van der Waals surface area contributed by atoms with Gasteiger partial charge in [0.05, 0.1) is 15.3 Å². The first-order chi connectivity index (χ1) is 9.63. The van der Waals surface area contributed by atoms with Gasteiger partial charge in [0.2, 0.25) is 10.0 Å². The first-order valence-corrected chi connectivity index (χ1v) is 8.58. The largest absolute Gasteiger partial charge is 0.481 e. The normalized spacial score (nSPS) is 13.4.